The molecule has 102 valence electrons. The summed E-state index contributed by atoms with van der Waals surface area (Å²) in [4.78, 5) is 24.4. The molecule has 0 spiro atoms. The van der Waals surface area contributed by atoms with Crippen LogP contribution in [0.15, 0.2) is 24.3 Å². The van der Waals surface area contributed by atoms with E-state index in [2.05, 4.69) is 0 Å². The Balaban J connectivity index is 2.07. The van der Waals surface area contributed by atoms with Crippen LogP contribution in [0.25, 0.3) is 0 Å². The lowest BCUT2D eigenvalue weighted by atomic mass is 9.97. The van der Waals surface area contributed by atoms with Gasteiger partial charge < -0.3 is 14.7 Å². The second-order valence-corrected chi connectivity index (χ2v) is 4.70. The number of carbonyl (C=O) groups is 2. The number of carbonyl (C=O) groups excluding carboxylic acids is 1. The van der Waals surface area contributed by atoms with Crippen LogP contribution in [0.4, 0.5) is 0 Å². The van der Waals surface area contributed by atoms with E-state index in [4.69, 9.17) is 9.84 Å². The highest BCUT2D eigenvalue weighted by Gasteiger charge is 2.29. The van der Waals surface area contributed by atoms with Crippen molar-refractivity contribution in [3.8, 4) is 5.75 Å². The van der Waals surface area contributed by atoms with Gasteiger partial charge in [-0.3, -0.25) is 9.59 Å². The zero-order valence-electron chi connectivity index (χ0n) is 10.8. The zero-order valence-corrected chi connectivity index (χ0v) is 10.8. The van der Waals surface area contributed by atoms with Crippen LogP contribution in [0, 0.1) is 5.92 Å². The Morgan fingerprint density at radius 3 is 3.00 bits per heavy atom. The molecule has 0 aromatic heterocycles. The van der Waals surface area contributed by atoms with E-state index in [0.29, 0.717) is 19.4 Å². The molecule has 1 aliphatic rings. The van der Waals surface area contributed by atoms with Gasteiger partial charge in [-0.1, -0.05) is 12.1 Å². The second-order valence-electron chi connectivity index (χ2n) is 4.70. The topological polar surface area (TPSA) is 66.8 Å². The van der Waals surface area contributed by atoms with Crippen molar-refractivity contribution >= 4 is 11.9 Å². The van der Waals surface area contributed by atoms with Crippen LogP contribution in [0.2, 0.25) is 0 Å². The van der Waals surface area contributed by atoms with Gasteiger partial charge in [-0.2, -0.15) is 0 Å². The van der Waals surface area contributed by atoms with Crippen molar-refractivity contribution in [3.63, 3.8) is 0 Å². The average Bonchev–Trinajstić information content (AvgIpc) is 2.41. The summed E-state index contributed by atoms with van der Waals surface area (Å²) in [5.41, 5.74) is 0.943. The molecule has 1 N–H and O–H groups in total. The first-order valence-corrected chi connectivity index (χ1v) is 6.23. The van der Waals surface area contributed by atoms with E-state index in [1.807, 2.05) is 24.3 Å². The lowest BCUT2D eigenvalue weighted by Crippen LogP contribution is -2.41. The van der Waals surface area contributed by atoms with Gasteiger partial charge in [0.2, 0.25) is 5.91 Å². The minimum Gasteiger partial charge on any atom is -0.497 e. The monoisotopic (exact) mass is 263 g/mol. The molecular formula is C14H17NO4. The Morgan fingerprint density at radius 1 is 1.53 bits per heavy atom. The van der Waals surface area contributed by atoms with Gasteiger partial charge in [-0.25, -0.2) is 0 Å². The highest BCUT2D eigenvalue weighted by atomic mass is 16.5. The van der Waals surface area contributed by atoms with E-state index in [1.54, 1.807) is 12.0 Å². The third-order valence-electron chi connectivity index (χ3n) is 3.36. The number of carboxylic acid groups (broad SMARTS) is 1. The van der Waals surface area contributed by atoms with Gasteiger partial charge in [0.05, 0.1) is 13.0 Å². The SMILES string of the molecule is COc1cccc(CN2CC(C(=O)O)CCC2=O)c1. The number of hydrogen-bond donors (Lipinski definition) is 1. The zero-order chi connectivity index (χ0) is 13.8. The van der Waals surface area contributed by atoms with Gasteiger partial charge >= 0.3 is 5.97 Å². The summed E-state index contributed by atoms with van der Waals surface area (Å²) < 4.78 is 5.13. The quantitative estimate of drug-likeness (QED) is 0.894. The first kappa shape index (κ1) is 13.4. The van der Waals surface area contributed by atoms with Crippen molar-refractivity contribution in [2.75, 3.05) is 13.7 Å². The first-order chi connectivity index (χ1) is 9.10. The maximum atomic E-state index is 11.8. The maximum absolute atomic E-state index is 11.8. The number of benzene rings is 1. The number of ether oxygens (including phenoxy) is 1. The molecule has 1 heterocycles. The molecule has 1 saturated heterocycles. The summed E-state index contributed by atoms with van der Waals surface area (Å²) in [6, 6.07) is 7.46. The van der Waals surface area contributed by atoms with Crippen LogP contribution in [0.5, 0.6) is 5.75 Å². The molecule has 0 radical (unpaired) electrons. The molecule has 2 rings (SSSR count). The maximum Gasteiger partial charge on any atom is 0.308 e. The number of methoxy groups -OCH3 is 1. The van der Waals surface area contributed by atoms with E-state index in [0.717, 1.165) is 11.3 Å². The molecule has 0 aliphatic carbocycles. The van der Waals surface area contributed by atoms with E-state index in [9.17, 15) is 9.59 Å². The van der Waals surface area contributed by atoms with Gasteiger partial charge in [0.1, 0.15) is 5.75 Å². The Bertz CT molecular complexity index is 486. The largest absolute Gasteiger partial charge is 0.497 e. The average molecular weight is 263 g/mol. The van der Waals surface area contributed by atoms with Gasteiger partial charge in [0.25, 0.3) is 0 Å². The highest BCUT2D eigenvalue weighted by molar-refractivity contribution is 5.80. The Morgan fingerprint density at radius 2 is 2.32 bits per heavy atom. The molecule has 1 aromatic rings. The van der Waals surface area contributed by atoms with Crippen LogP contribution in [0.1, 0.15) is 18.4 Å². The van der Waals surface area contributed by atoms with E-state index in [-0.39, 0.29) is 12.5 Å². The Labute approximate surface area is 111 Å². The molecule has 0 saturated carbocycles. The number of piperidine rings is 1. The third kappa shape index (κ3) is 3.24. The number of amides is 1. The fraction of sp³-hybridized carbons (Fsp3) is 0.429. The van der Waals surface area contributed by atoms with Crippen molar-refractivity contribution < 1.29 is 19.4 Å². The molecule has 1 aromatic carbocycles. The Kier molecular flexibility index (Phi) is 4.04. The van der Waals surface area contributed by atoms with E-state index >= 15 is 0 Å². The van der Waals surface area contributed by atoms with Crippen molar-refractivity contribution in [1.29, 1.82) is 0 Å². The molecule has 1 atom stereocenters. The van der Waals surface area contributed by atoms with Crippen LogP contribution in [0.3, 0.4) is 0 Å². The summed E-state index contributed by atoms with van der Waals surface area (Å²) >= 11 is 0. The lowest BCUT2D eigenvalue weighted by Gasteiger charge is -2.30. The molecular weight excluding hydrogens is 246 g/mol. The van der Waals surface area contributed by atoms with Gasteiger partial charge in [0.15, 0.2) is 0 Å². The van der Waals surface area contributed by atoms with E-state index < -0.39 is 11.9 Å². The standard InChI is InChI=1S/C14H17NO4/c1-19-12-4-2-3-10(7-12)8-15-9-11(14(17)18)5-6-13(15)16/h2-4,7,11H,5-6,8-9H2,1H3,(H,17,18). The summed E-state index contributed by atoms with van der Waals surface area (Å²) in [6.07, 6.45) is 0.740. The number of rotatable bonds is 4. The minimum atomic E-state index is -0.830. The van der Waals surface area contributed by atoms with Gasteiger partial charge in [0, 0.05) is 19.5 Å². The number of likely N-dealkylation sites (tertiary alicyclic amines) is 1. The second kappa shape index (κ2) is 5.73. The summed E-state index contributed by atoms with van der Waals surface area (Å²) in [5, 5.41) is 9.03. The number of aliphatic carboxylic acids is 1. The van der Waals surface area contributed by atoms with E-state index in [1.165, 1.54) is 0 Å². The van der Waals surface area contributed by atoms with Crippen molar-refractivity contribution in [2.45, 2.75) is 19.4 Å². The third-order valence-corrected chi connectivity index (χ3v) is 3.36. The van der Waals surface area contributed by atoms with Crippen molar-refractivity contribution in [3.05, 3.63) is 29.8 Å². The molecule has 1 amide bonds. The fourth-order valence-corrected chi connectivity index (χ4v) is 2.26. The molecule has 1 aliphatic heterocycles. The predicted octanol–water partition coefficient (Wildman–Crippen LogP) is 1.52. The summed E-state index contributed by atoms with van der Waals surface area (Å²) in [5.74, 6) is -0.538. The highest BCUT2D eigenvalue weighted by Crippen LogP contribution is 2.21. The molecule has 5 nitrogen and oxygen atoms in total. The Hall–Kier alpha value is -2.04. The molecule has 19 heavy (non-hydrogen) atoms. The lowest BCUT2D eigenvalue weighted by molar-refractivity contribution is -0.147. The normalized spacial score (nSPS) is 19.3. The van der Waals surface area contributed by atoms with Gasteiger partial charge in [-0.15, -0.1) is 0 Å². The number of hydrogen-bond acceptors (Lipinski definition) is 3. The first-order valence-electron chi connectivity index (χ1n) is 6.23. The minimum absolute atomic E-state index is 0.0142. The molecule has 5 heteroatoms. The van der Waals surface area contributed by atoms with Gasteiger partial charge in [-0.05, 0) is 24.1 Å². The van der Waals surface area contributed by atoms with Crippen molar-refractivity contribution in [1.82, 2.24) is 4.90 Å². The smallest absolute Gasteiger partial charge is 0.308 e. The van der Waals surface area contributed by atoms with Crippen LogP contribution in [-0.2, 0) is 16.1 Å². The summed E-state index contributed by atoms with van der Waals surface area (Å²) in [6.45, 7) is 0.713. The number of carboxylic acids is 1. The van der Waals surface area contributed by atoms with Crippen LogP contribution in [-0.4, -0.2) is 35.5 Å². The van der Waals surface area contributed by atoms with Crippen molar-refractivity contribution in [2.24, 2.45) is 5.92 Å². The van der Waals surface area contributed by atoms with Crippen LogP contribution >= 0.6 is 0 Å². The molecule has 0 bridgehead atoms. The molecule has 1 unspecified atom stereocenters. The fourth-order valence-electron chi connectivity index (χ4n) is 2.26. The molecule has 1 fully saturated rings. The van der Waals surface area contributed by atoms with Crippen LogP contribution < -0.4 is 4.74 Å². The predicted molar refractivity (Wildman–Crippen MR) is 68.8 cm³/mol. The number of nitrogens with zero attached hydrogens (tertiary/aromatic N) is 1. The summed E-state index contributed by atoms with van der Waals surface area (Å²) in [7, 11) is 1.59.